The molecule has 0 bridgehead atoms. The van der Waals surface area contributed by atoms with Crippen LogP contribution in [0.3, 0.4) is 0 Å². The second-order valence-corrected chi connectivity index (χ2v) is 11.3. The lowest BCUT2D eigenvalue weighted by molar-refractivity contribution is -0.121. The Morgan fingerprint density at radius 1 is 1.00 bits per heavy atom. The number of carbonyl (C=O) groups is 1. The summed E-state index contributed by atoms with van der Waals surface area (Å²) >= 11 is 6.05. The third-order valence-corrected chi connectivity index (χ3v) is 8.98. The highest BCUT2D eigenvalue weighted by Gasteiger charge is 2.35. The molecule has 0 radical (unpaired) electrons. The second kappa shape index (κ2) is 10.6. The number of benzene rings is 2. The standard InChI is InChI=1S/C25H31ClN2O4S/c26-22-8-6-21(7-9-22)25(13-1-2-14-25)19-27-24(29)12-5-20-3-10-23(11-4-20)33(30,31)28-15-17-32-18-16-28/h3-4,6-11H,1-2,5,12-19H2,(H,27,29). The van der Waals surface area contributed by atoms with Crippen LogP contribution < -0.4 is 5.32 Å². The van der Waals surface area contributed by atoms with E-state index in [2.05, 4.69) is 17.4 Å². The van der Waals surface area contributed by atoms with Gasteiger partial charge in [-0.3, -0.25) is 4.79 Å². The van der Waals surface area contributed by atoms with Gasteiger partial charge in [-0.1, -0.05) is 48.7 Å². The van der Waals surface area contributed by atoms with Crippen molar-refractivity contribution in [3.63, 3.8) is 0 Å². The minimum atomic E-state index is -3.50. The van der Waals surface area contributed by atoms with Crippen molar-refractivity contribution >= 4 is 27.5 Å². The van der Waals surface area contributed by atoms with Gasteiger partial charge in [0.1, 0.15) is 0 Å². The molecule has 1 aliphatic carbocycles. The van der Waals surface area contributed by atoms with Crippen molar-refractivity contribution in [2.75, 3.05) is 32.8 Å². The van der Waals surface area contributed by atoms with Crippen molar-refractivity contribution in [2.24, 2.45) is 0 Å². The molecule has 0 atom stereocenters. The summed E-state index contributed by atoms with van der Waals surface area (Å²) in [5.41, 5.74) is 2.16. The average Bonchev–Trinajstić information content (AvgIpc) is 3.33. The average molecular weight is 491 g/mol. The van der Waals surface area contributed by atoms with Gasteiger partial charge < -0.3 is 10.1 Å². The molecule has 6 nitrogen and oxygen atoms in total. The molecule has 2 aromatic rings. The quantitative estimate of drug-likeness (QED) is 0.608. The first-order valence-electron chi connectivity index (χ1n) is 11.6. The Balaban J connectivity index is 1.31. The smallest absolute Gasteiger partial charge is 0.243 e. The molecule has 1 heterocycles. The van der Waals surface area contributed by atoms with Crippen molar-refractivity contribution in [1.82, 2.24) is 9.62 Å². The van der Waals surface area contributed by atoms with E-state index in [-0.39, 0.29) is 16.2 Å². The Hall–Kier alpha value is -1.93. The summed E-state index contributed by atoms with van der Waals surface area (Å²) in [6, 6.07) is 14.8. The molecule has 4 rings (SSSR count). The number of hydrogen-bond donors (Lipinski definition) is 1. The van der Waals surface area contributed by atoms with Gasteiger partial charge in [-0.15, -0.1) is 0 Å². The zero-order valence-corrected chi connectivity index (χ0v) is 20.3. The van der Waals surface area contributed by atoms with Crippen LogP contribution in [0.5, 0.6) is 0 Å². The number of halogens is 1. The highest BCUT2D eigenvalue weighted by Crippen LogP contribution is 2.41. The molecule has 1 amide bonds. The molecule has 2 aromatic carbocycles. The van der Waals surface area contributed by atoms with Crippen LogP contribution in [0, 0.1) is 0 Å². The van der Waals surface area contributed by atoms with Crippen LogP contribution in [-0.4, -0.2) is 51.5 Å². The first-order valence-corrected chi connectivity index (χ1v) is 13.4. The van der Waals surface area contributed by atoms with Gasteiger partial charge >= 0.3 is 0 Å². The van der Waals surface area contributed by atoms with Gasteiger partial charge in [-0.2, -0.15) is 4.31 Å². The molecule has 0 aromatic heterocycles. The van der Waals surface area contributed by atoms with Gasteiger partial charge in [0.25, 0.3) is 0 Å². The van der Waals surface area contributed by atoms with Gasteiger partial charge in [0.15, 0.2) is 0 Å². The summed E-state index contributed by atoms with van der Waals surface area (Å²) < 4.78 is 32.2. The third-order valence-electron chi connectivity index (χ3n) is 6.81. The number of ether oxygens (including phenoxy) is 1. The summed E-state index contributed by atoms with van der Waals surface area (Å²) in [4.78, 5) is 12.9. The number of amides is 1. The molecule has 0 unspecified atom stereocenters. The number of morpholine rings is 1. The molecule has 1 saturated carbocycles. The van der Waals surface area contributed by atoms with Crippen molar-refractivity contribution < 1.29 is 17.9 Å². The number of hydrogen-bond acceptors (Lipinski definition) is 4. The molecule has 1 aliphatic heterocycles. The molecule has 1 N–H and O–H groups in total. The SMILES string of the molecule is O=C(CCc1ccc(S(=O)(=O)N2CCOCC2)cc1)NCC1(c2ccc(Cl)cc2)CCCC1. The maximum absolute atomic E-state index is 12.7. The van der Waals surface area contributed by atoms with Crippen LogP contribution in [0.1, 0.15) is 43.2 Å². The van der Waals surface area contributed by atoms with Gasteiger partial charge in [-0.25, -0.2) is 8.42 Å². The summed E-state index contributed by atoms with van der Waals surface area (Å²) in [5, 5.41) is 3.86. The van der Waals surface area contributed by atoms with Gasteiger partial charge in [0.2, 0.25) is 15.9 Å². The normalized spacial score (nSPS) is 18.8. The van der Waals surface area contributed by atoms with E-state index >= 15 is 0 Å². The molecule has 1 saturated heterocycles. The molecule has 2 fully saturated rings. The largest absolute Gasteiger partial charge is 0.379 e. The van der Waals surface area contributed by atoms with E-state index in [9.17, 15) is 13.2 Å². The van der Waals surface area contributed by atoms with E-state index in [1.165, 1.54) is 9.87 Å². The minimum absolute atomic E-state index is 0.0141. The molecule has 33 heavy (non-hydrogen) atoms. The summed E-state index contributed by atoms with van der Waals surface area (Å²) in [5.74, 6) is 0.0141. The molecule has 178 valence electrons. The lowest BCUT2D eigenvalue weighted by atomic mass is 9.79. The topological polar surface area (TPSA) is 75.7 Å². The van der Waals surface area contributed by atoms with Crippen LogP contribution in [0.2, 0.25) is 5.02 Å². The predicted molar refractivity (Wildman–Crippen MR) is 129 cm³/mol. The highest BCUT2D eigenvalue weighted by molar-refractivity contribution is 7.89. The summed E-state index contributed by atoms with van der Waals surface area (Å²) in [7, 11) is -3.50. The summed E-state index contributed by atoms with van der Waals surface area (Å²) in [6.07, 6.45) is 5.39. The molecular weight excluding hydrogens is 460 g/mol. The van der Waals surface area contributed by atoms with Gasteiger partial charge in [0, 0.05) is 36.5 Å². The lowest BCUT2D eigenvalue weighted by Crippen LogP contribution is -2.40. The first kappa shape index (κ1) is 24.2. The van der Waals surface area contributed by atoms with E-state index in [4.69, 9.17) is 16.3 Å². The van der Waals surface area contributed by atoms with Crippen molar-refractivity contribution in [3.05, 3.63) is 64.7 Å². The molecule has 8 heteroatoms. The minimum Gasteiger partial charge on any atom is -0.379 e. The maximum Gasteiger partial charge on any atom is 0.243 e. The molecule has 2 aliphatic rings. The zero-order chi connectivity index (χ0) is 23.3. The van der Waals surface area contributed by atoms with Crippen molar-refractivity contribution in [2.45, 2.75) is 48.8 Å². The van der Waals surface area contributed by atoms with E-state index in [0.717, 1.165) is 36.3 Å². The number of rotatable bonds is 8. The number of carbonyl (C=O) groups excluding carboxylic acids is 1. The third kappa shape index (κ3) is 5.77. The predicted octanol–water partition coefficient (Wildman–Crippen LogP) is 3.92. The first-order chi connectivity index (χ1) is 15.9. The van der Waals surface area contributed by atoms with Gasteiger partial charge in [0.05, 0.1) is 18.1 Å². The van der Waals surface area contributed by atoms with E-state index in [0.29, 0.717) is 45.7 Å². The number of aryl methyl sites for hydroxylation is 1. The monoisotopic (exact) mass is 490 g/mol. The zero-order valence-electron chi connectivity index (χ0n) is 18.8. The number of sulfonamides is 1. The Bertz CT molecular complexity index is 1040. The Kier molecular flexibility index (Phi) is 7.74. The fraction of sp³-hybridized carbons (Fsp3) is 0.480. The second-order valence-electron chi connectivity index (χ2n) is 8.93. The van der Waals surface area contributed by atoms with E-state index < -0.39 is 10.0 Å². The lowest BCUT2D eigenvalue weighted by Gasteiger charge is -2.30. The Labute approximate surface area is 201 Å². The number of nitrogens with one attached hydrogen (secondary N) is 1. The van der Waals surface area contributed by atoms with Crippen molar-refractivity contribution in [1.29, 1.82) is 0 Å². The Morgan fingerprint density at radius 2 is 1.64 bits per heavy atom. The fourth-order valence-corrected chi connectivity index (χ4v) is 6.33. The molecule has 0 spiro atoms. The van der Waals surface area contributed by atoms with Crippen LogP contribution in [-0.2, 0) is 31.4 Å². The van der Waals surface area contributed by atoms with E-state index in [1.54, 1.807) is 24.3 Å². The van der Waals surface area contributed by atoms with E-state index in [1.807, 2.05) is 12.1 Å². The van der Waals surface area contributed by atoms with Crippen LogP contribution in [0.15, 0.2) is 53.4 Å². The maximum atomic E-state index is 12.7. The highest BCUT2D eigenvalue weighted by atomic mass is 35.5. The number of nitrogens with zero attached hydrogens (tertiary/aromatic N) is 1. The fourth-order valence-electron chi connectivity index (χ4n) is 4.80. The Morgan fingerprint density at radius 3 is 2.27 bits per heavy atom. The van der Waals surface area contributed by atoms with Gasteiger partial charge in [-0.05, 0) is 54.7 Å². The molecular formula is C25H31ClN2O4S. The van der Waals surface area contributed by atoms with Crippen molar-refractivity contribution in [3.8, 4) is 0 Å². The van der Waals surface area contributed by atoms with Crippen LogP contribution >= 0.6 is 11.6 Å². The van der Waals surface area contributed by atoms with Crippen LogP contribution in [0.25, 0.3) is 0 Å². The van der Waals surface area contributed by atoms with Crippen LogP contribution in [0.4, 0.5) is 0 Å². The summed E-state index contributed by atoms with van der Waals surface area (Å²) in [6.45, 7) is 2.23.